The summed E-state index contributed by atoms with van der Waals surface area (Å²) in [6, 6.07) is 5.99. The molecule has 1 heterocycles. The van der Waals surface area contributed by atoms with Crippen molar-refractivity contribution in [2.45, 2.75) is 30.7 Å². The minimum Gasteiger partial charge on any atom is -0.481 e. The first-order chi connectivity index (χ1) is 9.46. The lowest BCUT2D eigenvalue weighted by atomic mass is 9.95. The van der Waals surface area contributed by atoms with Crippen LogP contribution in [0.15, 0.2) is 24.3 Å². The molecule has 0 radical (unpaired) electrons. The zero-order chi connectivity index (χ0) is 14.5. The smallest absolute Gasteiger partial charge is 0.316 e. The molecule has 1 N–H and O–H groups in total. The largest absolute Gasteiger partial charge is 0.481 e. The van der Waals surface area contributed by atoms with Gasteiger partial charge >= 0.3 is 5.97 Å². The maximum absolute atomic E-state index is 11.8. The molecule has 0 bridgehead atoms. The third kappa shape index (κ3) is 1.73. The molecule has 0 spiro atoms. The van der Waals surface area contributed by atoms with Gasteiger partial charge in [-0.05, 0) is 24.1 Å². The molecule has 1 aromatic carbocycles. The quantitative estimate of drug-likeness (QED) is 0.859. The summed E-state index contributed by atoms with van der Waals surface area (Å²) in [4.78, 5) is 36.3. The monoisotopic (exact) mass is 293 g/mol. The number of aliphatic carboxylic acids is 1. The number of benzene rings is 1. The van der Waals surface area contributed by atoms with Crippen LogP contribution in [0.4, 0.5) is 0 Å². The molecule has 2 fully saturated rings. The van der Waals surface area contributed by atoms with Gasteiger partial charge in [0.15, 0.2) is 0 Å². The van der Waals surface area contributed by atoms with E-state index in [0.717, 1.165) is 4.90 Å². The first-order valence-corrected chi connectivity index (χ1v) is 6.69. The zero-order valence-electron chi connectivity index (χ0n) is 10.5. The van der Waals surface area contributed by atoms with Gasteiger partial charge in [-0.25, -0.2) is 0 Å². The highest BCUT2D eigenvalue weighted by atomic mass is 35.5. The molecule has 2 aliphatic rings. The normalized spacial score (nSPS) is 28.9. The maximum Gasteiger partial charge on any atom is 0.316 e. The number of hydrogen-bond acceptors (Lipinski definition) is 3. The Morgan fingerprint density at radius 3 is 2.50 bits per heavy atom. The van der Waals surface area contributed by atoms with E-state index < -0.39 is 17.4 Å². The van der Waals surface area contributed by atoms with Crippen molar-refractivity contribution in [2.75, 3.05) is 0 Å². The molecule has 6 heteroatoms. The van der Waals surface area contributed by atoms with Crippen LogP contribution in [0.2, 0.25) is 5.02 Å². The number of carboxylic acid groups (broad SMARTS) is 1. The summed E-state index contributed by atoms with van der Waals surface area (Å²) in [6.07, 6.45) is 0.585. The van der Waals surface area contributed by atoms with Gasteiger partial charge in [0.2, 0.25) is 11.8 Å². The lowest BCUT2D eigenvalue weighted by Gasteiger charge is -2.19. The summed E-state index contributed by atoms with van der Waals surface area (Å²) < 4.78 is 0. The molecule has 20 heavy (non-hydrogen) atoms. The van der Waals surface area contributed by atoms with Crippen LogP contribution >= 0.6 is 11.6 Å². The minimum absolute atomic E-state index is 0.167. The first kappa shape index (κ1) is 13.1. The summed E-state index contributed by atoms with van der Waals surface area (Å²) in [5.74, 6) is -1.60. The molecule has 1 aliphatic carbocycles. The van der Waals surface area contributed by atoms with E-state index in [1.807, 2.05) is 0 Å². The summed E-state index contributed by atoms with van der Waals surface area (Å²) in [5.41, 5.74) is -0.671. The molecule has 3 rings (SSSR count). The summed E-state index contributed by atoms with van der Waals surface area (Å²) in [6.45, 7) is 0. The van der Waals surface area contributed by atoms with Gasteiger partial charge < -0.3 is 5.11 Å². The lowest BCUT2D eigenvalue weighted by molar-refractivity contribution is -0.142. The van der Waals surface area contributed by atoms with Crippen molar-refractivity contribution in [3.8, 4) is 0 Å². The summed E-state index contributed by atoms with van der Waals surface area (Å²) in [7, 11) is 0. The van der Waals surface area contributed by atoms with Crippen molar-refractivity contribution in [1.29, 1.82) is 0 Å². The standard InChI is InChI=1S/C14H12ClNO4/c15-9-3-1-2-8(6-9)14(13(19)20)7-10(14)16-11(17)4-5-12(16)18/h1-3,6,10H,4-5,7H2,(H,19,20). The van der Waals surface area contributed by atoms with Gasteiger partial charge in [0, 0.05) is 17.9 Å². The SMILES string of the molecule is O=C1CCC(=O)N1C1CC1(C(=O)O)c1cccc(Cl)c1. The fraction of sp³-hybridized carbons (Fsp3) is 0.357. The van der Waals surface area contributed by atoms with Crippen LogP contribution in [0.5, 0.6) is 0 Å². The van der Waals surface area contributed by atoms with E-state index in [9.17, 15) is 19.5 Å². The number of likely N-dealkylation sites (tertiary alicyclic amines) is 1. The highest BCUT2D eigenvalue weighted by molar-refractivity contribution is 6.30. The number of carbonyl (C=O) groups excluding carboxylic acids is 2. The molecule has 1 saturated carbocycles. The number of halogens is 1. The minimum atomic E-state index is -1.21. The van der Waals surface area contributed by atoms with E-state index in [4.69, 9.17) is 11.6 Å². The third-order valence-corrected chi connectivity index (χ3v) is 4.28. The van der Waals surface area contributed by atoms with Crippen LogP contribution in [-0.2, 0) is 19.8 Å². The van der Waals surface area contributed by atoms with Gasteiger partial charge in [0.05, 0.1) is 6.04 Å². The number of rotatable bonds is 3. The second-order valence-corrected chi connectivity index (χ2v) is 5.60. The van der Waals surface area contributed by atoms with E-state index in [1.54, 1.807) is 24.3 Å². The molecule has 1 saturated heterocycles. The van der Waals surface area contributed by atoms with E-state index in [0.29, 0.717) is 10.6 Å². The molecule has 1 aromatic rings. The van der Waals surface area contributed by atoms with Crippen molar-refractivity contribution in [3.05, 3.63) is 34.9 Å². The third-order valence-electron chi connectivity index (χ3n) is 4.05. The fourth-order valence-corrected chi connectivity index (χ4v) is 3.12. The summed E-state index contributed by atoms with van der Waals surface area (Å²) in [5, 5.41) is 10.00. The van der Waals surface area contributed by atoms with Crippen LogP contribution in [-0.4, -0.2) is 33.8 Å². The molecule has 2 amide bonds. The van der Waals surface area contributed by atoms with E-state index in [-0.39, 0.29) is 31.1 Å². The number of nitrogens with zero attached hydrogens (tertiary/aromatic N) is 1. The van der Waals surface area contributed by atoms with Gasteiger partial charge in [-0.1, -0.05) is 23.7 Å². The lowest BCUT2D eigenvalue weighted by Crippen LogP contribution is -2.38. The van der Waals surface area contributed by atoms with Crippen LogP contribution < -0.4 is 0 Å². The predicted molar refractivity (Wildman–Crippen MR) is 70.3 cm³/mol. The van der Waals surface area contributed by atoms with Gasteiger partial charge in [0.1, 0.15) is 5.41 Å². The Morgan fingerprint density at radius 2 is 1.95 bits per heavy atom. The van der Waals surface area contributed by atoms with E-state index in [1.165, 1.54) is 0 Å². The molecule has 0 aromatic heterocycles. The van der Waals surface area contributed by atoms with Gasteiger partial charge in [-0.3, -0.25) is 19.3 Å². The van der Waals surface area contributed by atoms with Gasteiger partial charge in [0.25, 0.3) is 0 Å². The Morgan fingerprint density at radius 1 is 1.30 bits per heavy atom. The predicted octanol–water partition coefficient (Wildman–Crippen LogP) is 1.58. The second kappa shape index (κ2) is 4.31. The van der Waals surface area contributed by atoms with Crippen molar-refractivity contribution in [3.63, 3.8) is 0 Å². The number of carbonyl (C=O) groups is 3. The van der Waals surface area contributed by atoms with Crippen LogP contribution in [0.1, 0.15) is 24.8 Å². The molecule has 1 aliphatic heterocycles. The van der Waals surface area contributed by atoms with Crippen molar-refractivity contribution >= 4 is 29.4 Å². The first-order valence-electron chi connectivity index (χ1n) is 6.31. The maximum atomic E-state index is 11.8. The number of amides is 2. The zero-order valence-corrected chi connectivity index (χ0v) is 11.3. The Hall–Kier alpha value is -1.88. The van der Waals surface area contributed by atoms with Crippen LogP contribution in [0.3, 0.4) is 0 Å². The summed E-state index contributed by atoms with van der Waals surface area (Å²) >= 11 is 5.91. The van der Waals surface area contributed by atoms with Crippen molar-refractivity contribution in [1.82, 2.24) is 4.90 Å². The Labute approximate surface area is 120 Å². The molecular weight excluding hydrogens is 282 g/mol. The molecule has 104 valence electrons. The van der Waals surface area contributed by atoms with Crippen molar-refractivity contribution < 1.29 is 19.5 Å². The average Bonchev–Trinajstić information content (AvgIpc) is 3.05. The molecule has 2 atom stereocenters. The Balaban J connectivity index is 1.99. The number of imide groups is 1. The fourth-order valence-electron chi connectivity index (χ4n) is 2.93. The molecule has 2 unspecified atom stereocenters. The van der Waals surface area contributed by atoms with Crippen molar-refractivity contribution in [2.24, 2.45) is 0 Å². The molecular formula is C14H12ClNO4. The topological polar surface area (TPSA) is 74.7 Å². The molecule has 5 nitrogen and oxygen atoms in total. The van der Waals surface area contributed by atoms with Crippen LogP contribution in [0, 0.1) is 0 Å². The number of carboxylic acids is 1. The van der Waals surface area contributed by atoms with E-state index >= 15 is 0 Å². The van der Waals surface area contributed by atoms with E-state index in [2.05, 4.69) is 0 Å². The van der Waals surface area contributed by atoms with Gasteiger partial charge in [-0.2, -0.15) is 0 Å². The Kier molecular flexibility index (Phi) is 2.83. The highest BCUT2D eigenvalue weighted by Gasteiger charge is 2.66. The highest BCUT2D eigenvalue weighted by Crippen LogP contribution is 2.53. The van der Waals surface area contributed by atoms with Gasteiger partial charge in [-0.15, -0.1) is 0 Å². The number of hydrogen-bond donors (Lipinski definition) is 1. The Bertz CT molecular complexity index is 613. The second-order valence-electron chi connectivity index (χ2n) is 5.16. The van der Waals surface area contributed by atoms with Crippen LogP contribution in [0.25, 0.3) is 0 Å². The average molecular weight is 294 g/mol.